The molecule has 0 aliphatic carbocycles. The summed E-state index contributed by atoms with van der Waals surface area (Å²) >= 11 is 0. The van der Waals surface area contributed by atoms with E-state index in [-0.39, 0.29) is 0 Å². The second-order valence-electron chi connectivity index (χ2n) is 4.24. The maximum Gasteiger partial charge on any atom is 0.0479 e. The number of benzene rings is 1. The van der Waals surface area contributed by atoms with Crippen LogP contribution in [0, 0.1) is 0 Å². The topological polar surface area (TPSA) is 27.3 Å². The fourth-order valence-electron chi connectivity index (χ4n) is 2.11. The van der Waals surface area contributed by atoms with Crippen LogP contribution in [0.3, 0.4) is 0 Å². The average molecular weight is 205 g/mol. The molecule has 82 valence electrons. The van der Waals surface area contributed by atoms with E-state index in [2.05, 4.69) is 35.0 Å². The van der Waals surface area contributed by atoms with Gasteiger partial charge in [0.15, 0.2) is 0 Å². The normalized spacial score (nSPS) is 21.1. The number of hydrogen-bond acceptors (Lipinski definition) is 3. The van der Waals surface area contributed by atoms with Crippen LogP contribution in [-0.2, 0) is 6.54 Å². The second-order valence-corrected chi connectivity index (χ2v) is 4.24. The van der Waals surface area contributed by atoms with Crippen LogP contribution >= 0.6 is 0 Å². The Balaban J connectivity index is 2.24. The summed E-state index contributed by atoms with van der Waals surface area (Å²) in [5.41, 5.74) is 6.31. The lowest BCUT2D eigenvalue weighted by Crippen LogP contribution is -2.34. The van der Waals surface area contributed by atoms with Gasteiger partial charge in [0.2, 0.25) is 0 Å². The molecule has 1 heterocycles. The summed E-state index contributed by atoms with van der Waals surface area (Å²) in [5.74, 6) is 0. The Hall–Kier alpha value is -0.900. The third-order valence-electron chi connectivity index (χ3n) is 2.77. The molecule has 1 aliphatic heterocycles. The first-order valence-corrected chi connectivity index (χ1v) is 5.49. The second kappa shape index (κ2) is 4.75. The van der Waals surface area contributed by atoms with E-state index in [0.29, 0.717) is 6.04 Å². The maximum absolute atomic E-state index is 3.47. The largest absolute Gasteiger partial charge is 0.313 e. The maximum atomic E-state index is 3.47. The number of nitrogens with zero attached hydrogens (tertiary/aromatic N) is 1. The van der Waals surface area contributed by atoms with E-state index in [1.54, 1.807) is 0 Å². The van der Waals surface area contributed by atoms with Crippen molar-refractivity contribution in [3.63, 3.8) is 0 Å². The van der Waals surface area contributed by atoms with Crippen LogP contribution in [0.2, 0.25) is 0 Å². The smallest absolute Gasteiger partial charge is 0.0479 e. The van der Waals surface area contributed by atoms with Crippen molar-refractivity contribution in [1.82, 2.24) is 15.8 Å². The van der Waals surface area contributed by atoms with E-state index in [9.17, 15) is 0 Å². The first-order valence-electron chi connectivity index (χ1n) is 5.49. The van der Waals surface area contributed by atoms with Gasteiger partial charge in [-0.05, 0) is 24.1 Å². The zero-order valence-corrected chi connectivity index (χ0v) is 9.46. The lowest BCUT2D eigenvalue weighted by atomic mass is 10.00. The number of nitrogens with one attached hydrogen (secondary N) is 2. The molecule has 15 heavy (non-hydrogen) atoms. The van der Waals surface area contributed by atoms with Gasteiger partial charge in [-0.1, -0.05) is 24.3 Å². The van der Waals surface area contributed by atoms with Crippen molar-refractivity contribution in [3.8, 4) is 0 Å². The predicted octanol–water partition coefficient (Wildman–Crippen LogP) is 1.29. The van der Waals surface area contributed by atoms with Gasteiger partial charge in [0.25, 0.3) is 0 Å². The molecule has 1 aromatic carbocycles. The molecule has 0 amide bonds. The highest BCUT2D eigenvalue weighted by Crippen LogP contribution is 2.23. The van der Waals surface area contributed by atoms with Gasteiger partial charge in [-0.15, -0.1) is 0 Å². The molecule has 0 saturated carbocycles. The SMILES string of the molecule is CN(C)NC1CCNCc2ccccc21. The molecule has 0 aromatic heterocycles. The van der Waals surface area contributed by atoms with Crippen molar-refractivity contribution >= 4 is 0 Å². The fourth-order valence-corrected chi connectivity index (χ4v) is 2.11. The van der Waals surface area contributed by atoms with E-state index in [1.165, 1.54) is 11.1 Å². The van der Waals surface area contributed by atoms with E-state index >= 15 is 0 Å². The van der Waals surface area contributed by atoms with Gasteiger partial charge in [-0.25, -0.2) is 5.43 Å². The Kier molecular flexibility index (Phi) is 3.36. The standard InChI is InChI=1S/C12H19N3/c1-15(2)14-12-7-8-13-9-10-5-3-4-6-11(10)12/h3-6,12-14H,7-9H2,1-2H3. The molecular weight excluding hydrogens is 186 g/mol. The van der Waals surface area contributed by atoms with E-state index in [4.69, 9.17) is 0 Å². The molecule has 3 heteroatoms. The molecule has 2 N–H and O–H groups in total. The first kappa shape index (κ1) is 10.6. The summed E-state index contributed by atoms with van der Waals surface area (Å²) in [4.78, 5) is 0. The summed E-state index contributed by atoms with van der Waals surface area (Å²) in [6.45, 7) is 2.06. The fraction of sp³-hybridized carbons (Fsp3) is 0.500. The third kappa shape index (κ3) is 2.56. The van der Waals surface area contributed by atoms with Crippen LogP contribution < -0.4 is 10.7 Å². The van der Waals surface area contributed by atoms with Crippen LogP contribution in [-0.4, -0.2) is 25.6 Å². The van der Waals surface area contributed by atoms with Gasteiger partial charge >= 0.3 is 0 Å². The van der Waals surface area contributed by atoms with Crippen LogP contribution in [0.25, 0.3) is 0 Å². The molecule has 1 aliphatic rings. The summed E-state index contributed by atoms with van der Waals surface area (Å²) in [6.07, 6.45) is 1.13. The molecule has 0 fully saturated rings. The summed E-state index contributed by atoms with van der Waals surface area (Å²) in [6, 6.07) is 9.10. The lowest BCUT2D eigenvalue weighted by Gasteiger charge is -2.23. The van der Waals surface area contributed by atoms with Gasteiger partial charge in [0.1, 0.15) is 0 Å². The van der Waals surface area contributed by atoms with Gasteiger partial charge < -0.3 is 5.32 Å². The Labute approximate surface area is 91.4 Å². The third-order valence-corrected chi connectivity index (χ3v) is 2.77. The molecular formula is C12H19N3. The van der Waals surface area contributed by atoms with Gasteiger partial charge in [0.05, 0.1) is 0 Å². The molecule has 3 nitrogen and oxygen atoms in total. The minimum atomic E-state index is 0.436. The predicted molar refractivity (Wildman–Crippen MR) is 62.3 cm³/mol. The highest BCUT2D eigenvalue weighted by Gasteiger charge is 2.17. The molecule has 1 atom stereocenters. The number of hydrazine groups is 1. The van der Waals surface area contributed by atoms with E-state index in [1.807, 2.05) is 19.1 Å². The number of rotatable bonds is 2. The van der Waals surface area contributed by atoms with Crippen LogP contribution in [0.5, 0.6) is 0 Å². The summed E-state index contributed by atoms with van der Waals surface area (Å²) in [5, 5.41) is 5.48. The molecule has 2 rings (SSSR count). The minimum Gasteiger partial charge on any atom is -0.313 e. The Morgan fingerprint density at radius 3 is 2.93 bits per heavy atom. The molecule has 1 unspecified atom stereocenters. The lowest BCUT2D eigenvalue weighted by molar-refractivity contribution is 0.236. The zero-order valence-electron chi connectivity index (χ0n) is 9.46. The Morgan fingerprint density at radius 2 is 2.13 bits per heavy atom. The molecule has 0 radical (unpaired) electrons. The Morgan fingerprint density at radius 1 is 1.33 bits per heavy atom. The zero-order chi connectivity index (χ0) is 10.7. The van der Waals surface area contributed by atoms with Gasteiger partial charge in [-0.3, -0.25) is 5.01 Å². The van der Waals surface area contributed by atoms with Crippen molar-refractivity contribution in [2.45, 2.75) is 19.0 Å². The quantitative estimate of drug-likeness (QED) is 0.712. The van der Waals surface area contributed by atoms with Crippen LogP contribution in [0.1, 0.15) is 23.6 Å². The Bertz CT molecular complexity index is 322. The van der Waals surface area contributed by atoms with Crippen molar-refractivity contribution in [2.24, 2.45) is 0 Å². The van der Waals surface area contributed by atoms with E-state index < -0.39 is 0 Å². The van der Waals surface area contributed by atoms with Crippen molar-refractivity contribution < 1.29 is 0 Å². The molecule has 1 aromatic rings. The minimum absolute atomic E-state index is 0.436. The summed E-state index contributed by atoms with van der Waals surface area (Å²) < 4.78 is 0. The van der Waals surface area contributed by atoms with Crippen LogP contribution in [0.4, 0.5) is 0 Å². The molecule has 0 bridgehead atoms. The summed E-state index contributed by atoms with van der Waals surface area (Å²) in [7, 11) is 4.09. The van der Waals surface area contributed by atoms with Crippen molar-refractivity contribution in [1.29, 1.82) is 0 Å². The van der Waals surface area contributed by atoms with Crippen LogP contribution in [0.15, 0.2) is 24.3 Å². The van der Waals surface area contributed by atoms with Crippen molar-refractivity contribution in [3.05, 3.63) is 35.4 Å². The van der Waals surface area contributed by atoms with E-state index in [0.717, 1.165) is 19.5 Å². The molecule has 0 saturated heterocycles. The highest BCUT2D eigenvalue weighted by molar-refractivity contribution is 5.30. The number of fused-ring (bicyclic) bond motifs is 1. The van der Waals surface area contributed by atoms with Gasteiger partial charge in [0, 0.05) is 26.7 Å². The van der Waals surface area contributed by atoms with Gasteiger partial charge in [-0.2, -0.15) is 0 Å². The monoisotopic (exact) mass is 205 g/mol. The first-order chi connectivity index (χ1) is 7.27. The highest BCUT2D eigenvalue weighted by atomic mass is 15.5. The van der Waals surface area contributed by atoms with Crippen molar-refractivity contribution in [2.75, 3.05) is 20.6 Å². The number of hydrogen-bond donors (Lipinski definition) is 2. The average Bonchev–Trinajstić information content (AvgIpc) is 2.41. The molecule has 0 spiro atoms.